The highest BCUT2D eigenvalue weighted by Gasteiger charge is 2.13. The van der Waals surface area contributed by atoms with Gasteiger partial charge in [-0.25, -0.2) is 14.6 Å². The highest BCUT2D eigenvalue weighted by Crippen LogP contribution is 2.24. The maximum absolute atomic E-state index is 11.8. The molecule has 2 aromatic rings. The second-order valence-corrected chi connectivity index (χ2v) is 7.50. The lowest BCUT2D eigenvalue weighted by Crippen LogP contribution is -2.28. The Kier molecular flexibility index (Phi) is 7.49. The van der Waals surface area contributed by atoms with Gasteiger partial charge in [-0.1, -0.05) is 39.5 Å². The normalized spacial score (nSPS) is 11.2. The molecule has 1 amide bonds. The van der Waals surface area contributed by atoms with E-state index in [4.69, 9.17) is 0 Å². The molecule has 2 rings (SSSR count). The Balaban J connectivity index is 2.14. The zero-order valence-corrected chi connectivity index (χ0v) is 16.3. The summed E-state index contributed by atoms with van der Waals surface area (Å²) in [6.45, 7) is 10.3. The molecule has 0 atom stereocenters. The Morgan fingerprint density at radius 1 is 1.28 bits per heavy atom. The standard InChI is InChI=1S/C17H28N6OS/c1-5-7-19-15-13-11-20-23(9-8-18-14(24)10-12(3)4)16(13)22-17(21-15)25-6-2/h11-12H,5-10H2,1-4H3,(H,18,24)(H,19,21,22). The minimum absolute atomic E-state index is 0.0774. The minimum atomic E-state index is 0.0774. The van der Waals surface area contributed by atoms with Crippen LogP contribution in [0.4, 0.5) is 5.82 Å². The minimum Gasteiger partial charge on any atom is -0.369 e. The molecule has 0 aromatic carbocycles. The van der Waals surface area contributed by atoms with Gasteiger partial charge in [0.1, 0.15) is 5.82 Å². The Bertz CT molecular complexity index is 700. The molecule has 0 saturated carbocycles. The van der Waals surface area contributed by atoms with E-state index in [0.29, 0.717) is 25.4 Å². The van der Waals surface area contributed by atoms with Crippen molar-refractivity contribution in [2.75, 3.05) is 24.2 Å². The van der Waals surface area contributed by atoms with Crippen molar-refractivity contribution in [1.82, 2.24) is 25.1 Å². The molecule has 2 N–H and O–H groups in total. The number of hydrogen-bond donors (Lipinski definition) is 2. The number of hydrogen-bond acceptors (Lipinski definition) is 6. The van der Waals surface area contributed by atoms with Crippen LogP contribution in [0.25, 0.3) is 11.0 Å². The molecule has 7 nitrogen and oxygen atoms in total. The molecular formula is C17H28N6OS. The summed E-state index contributed by atoms with van der Waals surface area (Å²) >= 11 is 1.61. The van der Waals surface area contributed by atoms with E-state index >= 15 is 0 Å². The van der Waals surface area contributed by atoms with Crippen molar-refractivity contribution in [3.05, 3.63) is 6.20 Å². The number of nitrogens with zero attached hydrogens (tertiary/aromatic N) is 4. The van der Waals surface area contributed by atoms with E-state index in [0.717, 1.165) is 40.7 Å². The van der Waals surface area contributed by atoms with E-state index in [2.05, 4.69) is 39.5 Å². The molecule has 0 radical (unpaired) electrons. The summed E-state index contributed by atoms with van der Waals surface area (Å²) in [5, 5.41) is 12.4. The van der Waals surface area contributed by atoms with E-state index in [1.54, 1.807) is 18.0 Å². The number of amides is 1. The Labute approximate surface area is 153 Å². The maximum atomic E-state index is 11.8. The van der Waals surface area contributed by atoms with Crippen LogP contribution < -0.4 is 10.6 Å². The van der Waals surface area contributed by atoms with Crippen LogP contribution in [0.3, 0.4) is 0 Å². The average molecular weight is 365 g/mol. The van der Waals surface area contributed by atoms with Gasteiger partial charge in [0.05, 0.1) is 18.1 Å². The first-order valence-electron chi connectivity index (χ1n) is 8.92. The van der Waals surface area contributed by atoms with Gasteiger partial charge in [0, 0.05) is 19.5 Å². The maximum Gasteiger partial charge on any atom is 0.220 e. The largest absolute Gasteiger partial charge is 0.369 e. The highest BCUT2D eigenvalue weighted by molar-refractivity contribution is 7.99. The van der Waals surface area contributed by atoms with Crippen molar-refractivity contribution in [1.29, 1.82) is 0 Å². The fraction of sp³-hybridized carbons (Fsp3) is 0.647. The molecule has 25 heavy (non-hydrogen) atoms. The highest BCUT2D eigenvalue weighted by atomic mass is 32.2. The summed E-state index contributed by atoms with van der Waals surface area (Å²) in [7, 11) is 0. The van der Waals surface area contributed by atoms with Crippen LogP contribution in [0, 0.1) is 5.92 Å². The summed E-state index contributed by atoms with van der Waals surface area (Å²) in [6.07, 6.45) is 3.37. The van der Waals surface area contributed by atoms with Gasteiger partial charge in [0.15, 0.2) is 10.8 Å². The number of carbonyl (C=O) groups is 1. The first-order valence-corrected chi connectivity index (χ1v) is 9.90. The van der Waals surface area contributed by atoms with Crippen molar-refractivity contribution in [3.8, 4) is 0 Å². The van der Waals surface area contributed by atoms with Crippen molar-refractivity contribution in [3.63, 3.8) is 0 Å². The smallest absolute Gasteiger partial charge is 0.220 e. The average Bonchev–Trinajstić information content (AvgIpc) is 2.95. The molecular weight excluding hydrogens is 336 g/mol. The summed E-state index contributed by atoms with van der Waals surface area (Å²) in [4.78, 5) is 21.0. The number of fused-ring (bicyclic) bond motifs is 1. The van der Waals surface area contributed by atoms with E-state index in [9.17, 15) is 4.79 Å². The van der Waals surface area contributed by atoms with Gasteiger partial charge in [0.2, 0.25) is 5.91 Å². The van der Waals surface area contributed by atoms with Crippen LogP contribution in [-0.4, -0.2) is 44.5 Å². The summed E-state index contributed by atoms with van der Waals surface area (Å²) in [5.74, 6) is 2.18. The third-order valence-corrected chi connectivity index (χ3v) is 4.26. The number of rotatable bonds is 10. The van der Waals surface area contributed by atoms with Crippen LogP contribution in [0.2, 0.25) is 0 Å². The van der Waals surface area contributed by atoms with Crippen LogP contribution in [0.15, 0.2) is 11.4 Å². The molecule has 0 aliphatic carbocycles. The zero-order chi connectivity index (χ0) is 18.2. The second-order valence-electron chi connectivity index (χ2n) is 6.27. The molecule has 8 heteroatoms. The van der Waals surface area contributed by atoms with E-state index in [1.165, 1.54) is 0 Å². The van der Waals surface area contributed by atoms with E-state index < -0.39 is 0 Å². The fourth-order valence-corrected chi connectivity index (χ4v) is 2.98. The number of thioether (sulfide) groups is 1. The number of anilines is 1. The van der Waals surface area contributed by atoms with Crippen molar-refractivity contribution >= 4 is 34.5 Å². The first kappa shape index (κ1) is 19.5. The van der Waals surface area contributed by atoms with Crippen LogP contribution in [0.1, 0.15) is 40.5 Å². The Morgan fingerprint density at radius 2 is 2.08 bits per heavy atom. The summed E-state index contributed by atoms with van der Waals surface area (Å²) < 4.78 is 1.84. The fourth-order valence-electron chi connectivity index (χ4n) is 2.41. The number of nitrogens with one attached hydrogen (secondary N) is 2. The quantitative estimate of drug-likeness (QED) is 0.498. The van der Waals surface area contributed by atoms with Crippen LogP contribution in [-0.2, 0) is 11.3 Å². The van der Waals surface area contributed by atoms with Gasteiger partial charge < -0.3 is 10.6 Å². The van der Waals surface area contributed by atoms with Gasteiger partial charge in [-0.05, 0) is 18.1 Å². The first-order chi connectivity index (χ1) is 12.0. The van der Waals surface area contributed by atoms with Gasteiger partial charge >= 0.3 is 0 Å². The van der Waals surface area contributed by atoms with E-state index in [-0.39, 0.29) is 5.91 Å². The molecule has 0 aliphatic heterocycles. The van der Waals surface area contributed by atoms with Crippen molar-refractivity contribution in [2.45, 2.75) is 52.2 Å². The van der Waals surface area contributed by atoms with Gasteiger partial charge in [0.25, 0.3) is 0 Å². The molecule has 0 saturated heterocycles. The Hall–Kier alpha value is -1.83. The summed E-state index contributed by atoms with van der Waals surface area (Å²) in [6, 6.07) is 0. The number of aromatic nitrogens is 4. The SMILES string of the molecule is CCCNc1nc(SCC)nc2c1cnn2CCNC(=O)CC(C)C. The molecule has 2 aromatic heterocycles. The third kappa shape index (κ3) is 5.59. The van der Waals surface area contributed by atoms with Crippen LogP contribution >= 0.6 is 11.8 Å². The summed E-state index contributed by atoms with van der Waals surface area (Å²) in [5.41, 5.74) is 0.808. The topological polar surface area (TPSA) is 84.7 Å². The molecule has 0 fully saturated rings. The van der Waals surface area contributed by atoms with Gasteiger partial charge in [-0.3, -0.25) is 4.79 Å². The van der Waals surface area contributed by atoms with Crippen LogP contribution in [0.5, 0.6) is 0 Å². The lowest BCUT2D eigenvalue weighted by Gasteiger charge is -2.09. The molecule has 0 unspecified atom stereocenters. The predicted octanol–water partition coefficient (Wildman–Crippen LogP) is 2.92. The number of carbonyl (C=O) groups excluding carboxylic acids is 1. The van der Waals surface area contributed by atoms with Gasteiger partial charge in [-0.2, -0.15) is 5.10 Å². The second kappa shape index (κ2) is 9.60. The molecule has 138 valence electrons. The third-order valence-electron chi connectivity index (χ3n) is 3.53. The lowest BCUT2D eigenvalue weighted by molar-refractivity contribution is -0.121. The molecule has 0 aliphatic rings. The molecule has 2 heterocycles. The Morgan fingerprint density at radius 3 is 2.76 bits per heavy atom. The predicted molar refractivity (Wildman–Crippen MR) is 103 cm³/mol. The van der Waals surface area contributed by atoms with Crippen molar-refractivity contribution < 1.29 is 4.79 Å². The van der Waals surface area contributed by atoms with E-state index in [1.807, 2.05) is 18.5 Å². The van der Waals surface area contributed by atoms with Gasteiger partial charge in [-0.15, -0.1) is 0 Å². The lowest BCUT2D eigenvalue weighted by atomic mass is 10.1. The monoisotopic (exact) mass is 364 g/mol. The molecule has 0 spiro atoms. The molecule has 0 bridgehead atoms. The van der Waals surface area contributed by atoms with Crippen molar-refractivity contribution in [2.24, 2.45) is 5.92 Å². The zero-order valence-electron chi connectivity index (χ0n) is 15.5.